The third-order valence-electron chi connectivity index (χ3n) is 4.58. The van der Waals surface area contributed by atoms with Crippen molar-refractivity contribution in [3.8, 4) is 0 Å². The van der Waals surface area contributed by atoms with Crippen molar-refractivity contribution in [2.45, 2.75) is 11.3 Å². The van der Waals surface area contributed by atoms with Crippen molar-refractivity contribution < 1.29 is 13.2 Å². The van der Waals surface area contributed by atoms with Crippen molar-refractivity contribution >= 4 is 49.8 Å². The number of hydrogen-bond donors (Lipinski definition) is 3. The lowest BCUT2D eigenvalue weighted by atomic mass is 10.1. The van der Waals surface area contributed by atoms with Crippen LogP contribution in [0.2, 0.25) is 5.02 Å². The van der Waals surface area contributed by atoms with Crippen molar-refractivity contribution in [3.05, 3.63) is 89.6 Å². The van der Waals surface area contributed by atoms with Crippen molar-refractivity contribution in [1.29, 1.82) is 0 Å². The third-order valence-corrected chi connectivity index (χ3v) is 6.20. The predicted octanol–water partition coefficient (Wildman–Crippen LogP) is 4.80. The molecule has 0 saturated carbocycles. The molecular weight excluding hydrogens is 422 g/mol. The Labute approximate surface area is 178 Å². The first-order chi connectivity index (χ1) is 14.4. The van der Waals surface area contributed by atoms with Gasteiger partial charge < -0.3 is 10.3 Å². The van der Waals surface area contributed by atoms with E-state index in [-0.39, 0.29) is 17.2 Å². The third kappa shape index (κ3) is 4.32. The number of rotatable bonds is 6. The van der Waals surface area contributed by atoms with Gasteiger partial charge in [0.1, 0.15) is 0 Å². The summed E-state index contributed by atoms with van der Waals surface area (Å²) in [6.07, 6.45) is 1.89. The number of amides is 1. The molecule has 0 aliphatic carbocycles. The van der Waals surface area contributed by atoms with Crippen LogP contribution in [0.15, 0.2) is 83.9 Å². The Kier molecular flexibility index (Phi) is 5.48. The first-order valence-electron chi connectivity index (χ1n) is 9.15. The molecule has 152 valence electrons. The van der Waals surface area contributed by atoms with Gasteiger partial charge in [-0.3, -0.25) is 9.52 Å². The van der Waals surface area contributed by atoms with E-state index in [4.69, 9.17) is 11.6 Å². The molecule has 0 fully saturated rings. The van der Waals surface area contributed by atoms with Crippen molar-refractivity contribution in [1.82, 2.24) is 4.98 Å². The van der Waals surface area contributed by atoms with Gasteiger partial charge in [-0.25, -0.2) is 8.42 Å². The number of H-pyrrole nitrogens is 1. The lowest BCUT2D eigenvalue weighted by Crippen LogP contribution is -2.18. The highest BCUT2D eigenvalue weighted by molar-refractivity contribution is 7.92. The lowest BCUT2D eigenvalue weighted by Gasteiger charge is -2.13. The Bertz CT molecular complexity index is 1320. The van der Waals surface area contributed by atoms with E-state index in [2.05, 4.69) is 15.0 Å². The number of carbonyl (C=O) groups excluding carboxylic acids is 1. The number of aromatic nitrogens is 1. The van der Waals surface area contributed by atoms with Crippen LogP contribution in [-0.2, 0) is 21.2 Å². The molecular formula is C22H18ClN3O3S. The van der Waals surface area contributed by atoms with Crippen LogP contribution in [-0.4, -0.2) is 19.3 Å². The monoisotopic (exact) mass is 439 g/mol. The molecule has 0 unspecified atom stereocenters. The van der Waals surface area contributed by atoms with Crippen LogP contribution in [0, 0.1) is 0 Å². The van der Waals surface area contributed by atoms with Crippen LogP contribution in [0.3, 0.4) is 0 Å². The predicted molar refractivity (Wildman–Crippen MR) is 119 cm³/mol. The summed E-state index contributed by atoms with van der Waals surface area (Å²) in [6, 6.07) is 20.2. The van der Waals surface area contributed by atoms with Crippen LogP contribution in [0.25, 0.3) is 10.9 Å². The Hall–Kier alpha value is -3.29. The number of aromatic amines is 1. The zero-order valence-corrected chi connectivity index (χ0v) is 17.3. The fourth-order valence-corrected chi connectivity index (χ4v) is 4.43. The summed E-state index contributed by atoms with van der Waals surface area (Å²) in [6.45, 7) is 0. The molecule has 0 spiro atoms. The van der Waals surface area contributed by atoms with Gasteiger partial charge in [-0.05, 0) is 42.0 Å². The molecule has 4 rings (SSSR count). The van der Waals surface area contributed by atoms with Gasteiger partial charge in [0.25, 0.3) is 10.0 Å². The number of benzene rings is 3. The topological polar surface area (TPSA) is 91.1 Å². The van der Waals surface area contributed by atoms with E-state index in [0.29, 0.717) is 16.4 Å². The molecule has 3 aromatic carbocycles. The number of nitrogens with one attached hydrogen (secondary N) is 3. The van der Waals surface area contributed by atoms with E-state index < -0.39 is 10.0 Å². The van der Waals surface area contributed by atoms with Crippen LogP contribution in [0.1, 0.15) is 5.56 Å². The van der Waals surface area contributed by atoms with Crippen LogP contribution in [0.4, 0.5) is 11.4 Å². The molecule has 1 amide bonds. The highest BCUT2D eigenvalue weighted by Crippen LogP contribution is 2.26. The minimum absolute atomic E-state index is 0.126. The molecule has 30 heavy (non-hydrogen) atoms. The first kappa shape index (κ1) is 20.0. The highest BCUT2D eigenvalue weighted by atomic mass is 35.5. The van der Waals surface area contributed by atoms with E-state index in [1.165, 1.54) is 12.1 Å². The number of halogens is 1. The largest absolute Gasteiger partial charge is 0.361 e. The summed E-state index contributed by atoms with van der Waals surface area (Å²) >= 11 is 6.00. The van der Waals surface area contributed by atoms with Gasteiger partial charge >= 0.3 is 0 Å². The quantitative estimate of drug-likeness (QED) is 0.403. The molecule has 0 radical (unpaired) electrons. The molecule has 4 aromatic rings. The second-order valence-electron chi connectivity index (χ2n) is 6.69. The second-order valence-corrected chi connectivity index (χ2v) is 8.81. The SMILES string of the molecule is O=C(Cc1c[nH]c2cc(Cl)ccc12)Nc1ccccc1NS(=O)(=O)c1ccccc1. The van der Waals surface area contributed by atoms with E-state index in [0.717, 1.165) is 16.5 Å². The summed E-state index contributed by atoms with van der Waals surface area (Å²) in [5.41, 5.74) is 2.34. The summed E-state index contributed by atoms with van der Waals surface area (Å²) in [4.78, 5) is 15.9. The highest BCUT2D eigenvalue weighted by Gasteiger charge is 2.17. The normalized spacial score (nSPS) is 11.4. The maximum absolute atomic E-state index is 12.6. The number of anilines is 2. The summed E-state index contributed by atoms with van der Waals surface area (Å²) < 4.78 is 27.8. The molecule has 0 atom stereocenters. The van der Waals surface area contributed by atoms with Crippen LogP contribution in [0.5, 0.6) is 0 Å². The minimum Gasteiger partial charge on any atom is -0.361 e. The van der Waals surface area contributed by atoms with E-state index in [1.807, 2.05) is 6.07 Å². The first-order valence-corrected chi connectivity index (χ1v) is 11.0. The molecule has 3 N–H and O–H groups in total. The number of fused-ring (bicyclic) bond motifs is 1. The van der Waals surface area contributed by atoms with Gasteiger partial charge in [-0.1, -0.05) is 48.0 Å². The lowest BCUT2D eigenvalue weighted by molar-refractivity contribution is -0.115. The zero-order valence-electron chi connectivity index (χ0n) is 15.7. The Morgan fingerprint density at radius 1 is 0.933 bits per heavy atom. The van der Waals surface area contributed by atoms with E-state index >= 15 is 0 Å². The number of sulfonamides is 1. The summed E-state index contributed by atoms with van der Waals surface area (Å²) in [5, 5.41) is 4.31. The fourth-order valence-electron chi connectivity index (χ4n) is 3.16. The molecule has 1 heterocycles. The van der Waals surface area contributed by atoms with Gasteiger partial charge in [0.2, 0.25) is 5.91 Å². The molecule has 0 aliphatic heterocycles. The number of hydrogen-bond acceptors (Lipinski definition) is 3. The zero-order chi connectivity index (χ0) is 21.1. The van der Waals surface area contributed by atoms with Crippen LogP contribution < -0.4 is 10.0 Å². The van der Waals surface area contributed by atoms with Gasteiger partial charge in [0, 0.05) is 22.1 Å². The maximum Gasteiger partial charge on any atom is 0.261 e. The number of carbonyl (C=O) groups is 1. The van der Waals surface area contributed by atoms with E-state index in [9.17, 15) is 13.2 Å². The second kappa shape index (κ2) is 8.22. The van der Waals surface area contributed by atoms with Gasteiger partial charge in [-0.2, -0.15) is 0 Å². The van der Waals surface area contributed by atoms with Crippen molar-refractivity contribution in [3.63, 3.8) is 0 Å². The molecule has 6 nitrogen and oxygen atoms in total. The molecule has 0 saturated heterocycles. The smallest absolute Gasteiger partial charge is 0.261 e. The van der Waals surface area contributed by atoms with E-state index in [1.54, 1.807) is 60.8 Å². The molecule has 8 heteroatoms. The average Bonchev–Trinajstić information content (AvgIpc) is 3.11. The Morgan fingerprint density at radius 2 is 1.63 bits per heavy atom. The number of para-hydroxylation sites is 2. The summed E-state index contributed by atoms with van der Waals surface area (Å²) in [5.74, 6) is -0.266. The van der Waals surface area contributed by atoms with Crippen LogP contribution >= 0.6 is 11.6 Å². The average molecular weight is 440 g/mol. The maximum atomic E-state index is 12.6. The van der Waals surface area contributed by atoms with Gasteiger partial charge in [0.05, 0.1) is 22.7 Å². The minimum atomic E-state index is -3.77. The molecule has 0 aliphatic rings. The molecule has 0 bridgehead atoms. The van der Waals surface area contributed by atoms with Crippen molar-refractivity contribution in [2.24, 2.45) is 0 Å². The standard InChI is InChI=1S/C22H18ClN3O3S/c23-16-10-11-18-15(14-24-21(18)13-16)12-22(27)25-19-8-4-5-9-20(19)26-30(28,29)17-6-2-1-3-7-17/h1-11,13-14,24,26H,12H2,(H,25,27). The van der Waals surface area contributed by atoms with Crippen molar-refractivity contribution in [2.75, 3.05) is 10.0 Å². The van der Waals surface area contributed by atoms with Gasteiger partial charge in [-0.15, -0.1) is 0 Å². The Morgan fingerprint density at radius 3 is 2.40 bits per heavy atom. The van der Waals surface area contributed by atoms with Gasteiger partial charge in [0.15, 0.2) is 0 Å². The summed E-state index contributed by atoms with van der Waals surface area (Å²) in [7, 11) is -3.77. The Balaban J connectivity index is 1.53. The molecule has 1 aromatic heterocycles. The fraction of sp³-hybridized carbons (Fsp3) is 0.0455.